The molecule has 0 unspecified atom stereocenters. The molecular formula is C36H40F2O6. The van der Waals surface area contributed by atoms with Crippen LogP contribution in [0, 0.1) is 29.4 Å². The van der Waals surface area contributed by atoms with Gasteiger partial charge in [0.25, 0.3) is 0 Å². The third kappa shape index (κ3) is 8.97. The predicted molar refractivity (Wildman–Crippen MR) is 162 cm³/mol. The molecule has 0 amide bonds. The van der Waals surface area contributed by atoms with Gasteiger partial charge in [0.2, 0.25) is 0 Å². The molecule has 0 saturated heterocycles. The minimum atomic E-state index is -0.243. The summed E-state index contributed by atoms with van der Waals surface area (Å²) >= 11 is 0. The number of benzene rings is 3. The van der Waals surface area contributed by atoms with Crippen molar-refractivity contribution in [2.45, 2.75) is 57.8 Å². The van der Waals surface area contributed by atoms with Crippen molar-refractivity contribution in [1.82, 2.24) is 0 Å². The van der Waals surface area contributed by atoms with Crippen LogP contribution in [0.4, 0.5) is 8.78 Å². The van der Waals surface area contributed by atoms with Crippen LogP contribution in [0.2, 0.25) is 0 Å². The van der Waals surface area contributed by atoms with Crippen molar-refractivity contribution in [1.29, 1.82) is 0 Å². The van der Waals surface area contributed by atoms with E-state index in [1.54, 1.807) is 44.2 Å². The fraction of sp³-hybridized carbons (Fsp3) is 0.417. The molecule has 0 radical (unpaired) electrons. The molecule has 0 bridgehead atoms. The molecule has 44 heavy (non-hydrogen) atoms. The highest BCUT2D eigenvalue weighted by Gasteiger charge is 2.47. The zero-order valence-electron chi connectivity index (χ0n) is 25.4. The van der Waals surface area contributed by atoms with Gasteiger partial charge in [0.1, 0.15) is 11.6 Å². The zero-order valence-corrected chi connectivity index (χ0v) is 25.4. The standard InChI is InChI=1S/2C12H13FO2.C12H14O2/c1-2-15-12(14)11-7-10(11)8-3-5-9(13)6-4-8;1-2-15-12(14)10-7-9(10)8-5-3-4-6-11(8)13;1-2-14-12(13)11-8-10(11)9-6-4-3-5-7-9/h3-6,10-11H,2,7H2,1H3;3-6,9-10H,2,7H2,1H3;3-7,10-11H,2,8H2,1H3/t10-,11+;9-,10+;10-,11+/m000/s1. The first-order valence-corrected chi connectivity index (χ1v) is 15.3. The van der Waals surface area contributed by atoms with Gasteiger partial charge < -0.3 is 14.2 Å². The van der Waals surface area contributed by atoms with E-state index in [-0.39, 0.29) is 59.1 Å². The number of carbonyl (C=O) groups is 3. The molecule has 6 nitrogen and oxygen atoms in total. The van der Waals surface area contributed by atoms with E-state index in [1.165, 1.54) is 23.8 Å². The molecule has 234 valence electrons. The van der Waals surface area contributed by atoms with Crippen molar-refractivity contribution in [3.63, 3.8) is 0 Å². The average molecular weight is 607 g/mol. The Labute approximate surface area is 257 Å². The number of hydrogen-bond acceptors (Lipinski definition) is 6. The number of halogens is 2. The monoisotopic (exact) mass is 606 g/mol. The number of rotatable bonds is 9. The van der Waals surface area contributed by atoms with Crippen molar-refractivity contribution in [2.75, 3.05) is 19.8 Å². The summed E-state index contributed by atoms with van der Waals surface area (Å²) in [5.41, 5.74) is 2.91. The number of ether oxygens (including phenoxy) is 3. The smallest absolute Gasteiger partial charge is 0.309 e. The molecule has 3 fully saturated rings. The molecule has 0 aromatic heterocycles. The van der Waals surface area contributed by atoms with E-state index in [2.05, 4.69) is 12.1 Å². The summed E-state index contributed by atoms with van der Waals surface area (Å²) < 4.78 is 40.8. The van der Waals surface area contributed by atoms with E-state index in [4.69, 9.17) is 14.2 Å². The highest BCUT2D eigenvalue weighted by Crippen LogP contribution is 2.49. The lowest BCUT2D eigenvalue weighted by Crippen LogP contribution is -2.07. The maximum atomic E-state index is 13.4. The summed E-state index contributed by atoms with van der Waals surface area (Å²) in [7, 11) is 0. The lowest BCUT2D eigenvalue weighted by molar-refractivity contribution is -0.145. The number of esters is 3. The van der Waals surface area contributed by atoms with Gasteiger partial charge in [-0.05, 0) is 86.8 Å². The Hall–Kier alpha value is -4.07. The summed E-state index contributed by atoms with van der Waals surface area (Å²) in [5.74, 6) is -0.250. The van der Waals surface area contributed by atoms with Crippen LogP contribution in [-0.4, -0.2) is 37.7 Å². The van der Waals surface area contributed by atoms with Crippen LogP contribution in [-0.2, 0) is 28.6 Å². The van der Waals surface area contributed by atoms with Gasteiger partial charge in [-0.25, -0.2) is 8.78 Å². The van der Waals surface area contributed by atoms with Crippen LogP contribution in [0.25, 0.3) is 0 Å². The SMILES string of the molecule is CCOC(=O)[C@@H]1C[C@H]1c1ccc(F)cc1.CCOC(=O)[C@@H]1C[C@H]1c1ccccc1.CCOC(=O)[C@@H]1C[C@H]1c1ccccc1F. The molecular weight excluding hydrogens is 566 g/mol. The third-order valence-corrected chi connectivity index (χ3v) is 7.97. The Balaban J connectivity index is 0.000000151. The molecule has 8 heteroatoms. The maximum Gasteiger partial charge on any atom is 0.309 e. The average Bonchev–Trinajstić information content (AvgIpc) is 3.90. The lowest BCUT2D eigenvalue weighted by atomic mass is 10.1. The number of carbonyl (C=O) groups excluding carboxylic acids is 3. The number of hydrogen-bond donors (Lipinski definition) is 0. The molecule has 3 aromatic carbocycles. The maximum absolute atomic E-state index is 13.4. The quantitative estimate of drug-likeness (QED) is 0.187. The van der Waals surface area contributed by atoms with Crippen LogP contribution >= 0.6 is 0 Å². The van der Waals surface area contributed by atoms with E-state index in [1.807, 2.05) is 25.1 Å². The first-order chi connectivity index (χ1) is 21.3. The van der Waals surface area contributed by atoms with Crippen molar-refractivity contribution in [2.24, 2.45) is 17.8 Å². The molecule has 3 aromatic rings. The van der Waals surface area contributed by atoms with Gasteiger partial charge in [0, 0.05) is 5.92 Å². The van der Waals surface area contributed by atoms with E-state index in [9.17, 15) is 23.2 Å². The van der Waals surface area contributed by atoms with Crippen molar-refractivity contribution >= 4 is 17.9 Å². The second-order valence-electron chi connectivity index (χ2n) is 11.1. The molecule has 6 rings (SSSR count). The van der Waals surface area contributed by atoms with Gasteiger partial charge >= 0.3 is 17.9 Å². The molecule has 6 atom stereocenters. The Morgan fingerprint density at radius 1 is 0.568 bits per heavy atom. The first-order valence-electron chi connectivity index (χ1n) is 15.3. The highest BCUT2D eigenvalue weighted by atomic mass is 19.1. The van der Waals surface area contributed by atoms with Crippen molar-refractivity contribution in [3.8, 4) is 0 Å². The Morgan fingerprint density at radius 2 is 0.977 bits per heavy atom. The summed E-state index contributed by atoms with van der Waals surface area (Å²) in [6.45, 7) is 6.71. The van der Waals surface area contributed by atoms with Crippen LogP contribution in [0.1, 0.15) is 74.5 Å². The normalized spacial score (nSPS) is 23.8. The predicted octanol–water partition coefficient (Wildman–Crippen LogP) is 7.34. The zero-order chi connectivity index (χ0) is 31.6. The molecule has 0 N–H and O–H groups in total. The third-order valence-electron chi connectivity index (χ3n) is 7.97. The summed E-state index contributed by atoms with van der Waals surface area (Å²) in [6, 6.07) is 23.1. The van der Waals surface area contributed by atoms with E-state index in [0.29, 0.717) is 37.7 Å². The van der Waals surface area contributed by atoms with Gasteiger partial charge in [-0.2, -0.15) is 0 Å². The van der Waals surface area contributed by atoms with E-state index < -0.39 is 0 Å². The topological polar surface area (TPSA) is 78.9 Å². The van der Waals surface area contributed by atoms with Crippen LogP contribution in [0.15, 0.2) is 78.9 Å². The van der Waals surface area contributed by atoms with Crippen molar-refractivity contribution in [3.05, 3.63) is 107 Å². The van der Waals surface area contributed by atoms with Gasteiger partial charge in [-0.3, -0.25) is 14.4 Å². The summed E-state index contributed by atoms with van der Waals surface area (Å²) in [6.07, 6.45) is 2.48. The first kappa shape index (κ1) is 32.8. The molecule has 3 aliphatic rings. The van der Waals surface area contributed by atoms with Gasteiger partial charge in [0.15, 0.2) is 0 Å². The second-order valence-corrected chi connectivity index (χ2v) is 11.1. The van der Waals surface area contributed by atoms with Crippen LogP contribution in [0.5, 0.6) is 0 Å². The van der Waals surface area contributed by atoms with E-state index >= 15 is 0 Å². The fourth-order valence-corrected chi connectivity index (χ4v) is 5.38. The lowest BCUT2D eigenvalue weighted by Gasteiger charge is -2.02. The molecule has 0 heterocycles. The molecule has 3 saturated carbocycles. The molecule has 0 spiro atoms. The van der Waals surface area contributed by atoms with Crippen molar-refractivity contribution < 1.29 is 37.4 Å². The minimum absolute atomic E-state index is 0.0181. The highest BCUT2D eigenvalue weighted by molar-refractivity contribution is 5.78. The Kier molecular flexibility index (Phi) is 11.6. The fourth-order valence-electron chi connectivity index (χ4n) is 5.38. The summed E-state index contributed by atoms with van der Waals surface area (Å²) in [4.78, 5) is 34.1. The van der Waals surface area contributed by atoms with Crippen LogP contribution in [0.3, 0.4) is 0 Å². The van der Waals surface area contributed by atoms with Gasteiger partial charge in [0.05, 0.1) is 37.6 Å². The van der Waals surface area contributed by atoms with Gasteiger partial charge in [-0.1, -0.05) is 60.7 Å². The molecule has 0 aliphatic heterocycles. The largest absolute Gasteiger partial charge is 0.466 e. The Morgan fingerprint density at radius 3 is 1.45 bits per heavy atom. The van der Waals surface area contributed by atoms with E-state index in [0.717, 1.165) is 18.4 Å². The Bertz CT molecular complexity index is 1390. The summed E-state index contributed by atoms with van der Waals surface area (Å²) in [5, 5.41) is 0. The van der Waals surface area contributed by atoms with Gasteiger partial charge in [-0.15, -0.1) is 0 Å². The minimum Gasteiger partial charge on any atom is -0.466 e. The second kappa shape index (κ2) is 15.6. The molecule has 3 aliphatic carbocycles. The van der Waals surface area contributed by atoms with Crippen LogP contribution < -0.4 is 0 Å².